The fourth-order valence-electron chi connectivity index (χ4n) is 1.35. The third-order valence-corrected chi connectivity index (χ3v) is 3.36. The summed E-state index contributed by atoms with van der Waals surface area (Å²) in [7, 11) is 0. The highest BCUT2D eigenvalue weighted by molar-refractivity contribution is 7.13. The lowest BCUT2D eigenvalue weighted by Crippen LogP contribution is -1.80. The zero-order chi connectivity index (χ0) is 8.39. The molecular formula is C10H12OS. The summed E-state index contributed by atoms with van der Waals surface area (Å²) in [5.41, 5.74) is 0. The molecule has 0 saturated heterocycles. The summed E-state index contributed by atoms with van der Waals surface area (Å²) in [6.45, 7) is 0. The van der Waals surface area contributed by atoms with E-state index in [1.54, 1.807) is 11.3 Å². The highest BCUT2D eigenvalue weighted by Crippen LogP contribution is 2.34. The predicted octanol–water partition coefficient (Wildman–Crippen LogP) is 2.90. The van der Waals surface area contributed by atoms with Gasteiger partial charge < -0.3 is 0 Å². The summed E-state index contributed by atoms with van der Waals surface area (Å²) in [6, 6.07) is 4.00. The number of hydrogen-bond donors (Lipinski definition) is 0. The Bertz CT molecular complexity index is 273. The second-order valence-corrected chi connectivity index (χ2v) is 4.60. The van der Waals surface area contributed by atoms with Crippen molar-refractivity contribution in [2.75, 3.05) is 0 Å². The Kier molecular flexibility index (Phi) is 2.26. The number of aldehydes is 1. The zero-order valence-corrected chi connectivity index (χ0v) is 7.77. The lowest BCUT2D eigenvalue weighted by Gasteiger charge is -1.92. The van der Waals surface area contributed by atoms with Crippen LogP contribution in [0.4, 0.5) is 0 Å². The number of carbonyl (C=O) groups is 1. The molecule has 2 heteroatoms. The first-order chi connectivity index (χ1) is 5.88. The highest BCUT2D eigenvalue weighted by Gasteiger charge is 2.20. The molecule has 64 valence electrons. The van der Waals surface area contributed by atoms with Gasteiger partial charge in [0.05, 0.1) is 4.88 Å². The van der Waals surface area contributed by atoms with Crippen molar-refractivity contribution in [3.05, 3.63) is 21.9 Å². The highest BCUT2D eigenvalue weighted by atomic mass is 32.1. The Labute approximate surface area is 76.4 Å². The second kappa shape index (κ2) is 3.40. The predicted molar refractivity (Wildman–Crippen MR) is 50.8 cm³/mol. The molecule has 0 atom stereocenters. The minimum absolute atomic E-state index is 0.862. The van der Waals surface area contributed by atoms with Gasteiger partial charge in [-0.05, 0) is 30.9 Å². The standard InChI is InChI=1S/C10H12OS/c11-7-10-6-5-9(12-10)4-3-8-1-2-8/h5-8H,1-4H2. The van der Waals surface area contributed by atoms with E-state index >= 15 is 0 Å². The summed E-state index contributed by atoms with van der Waals surface area (Å²) >= 11 is 1.63. The van der Waals surface area contributed by atoms with Crippen LogP contribution < -0.4 is 0 Å². The summed E-state index contributed by atoms with van der Waals surface area (Å²) in [4.78, 5) is 12.6. The molecule has 1 aromatic rings. The normalized spacial score (nSPS) is 16.3. The van der Waals surface area contributed by atoms with E-state index in [4.69, 9.17) is 0 Å². The van der Waals surface area contributed by atoms with Crippen LogP contribution in [0, 0.1) is 5.92 Å². The van der Waals surface area contributed by atoms with Gasteiger partial charge in [-0.2, -0.15) is 0 Å². The Morgan fingerprint density at radius 2 is 2.33 bits per heavy atom. The molecule has 1 fully saturated rings. The third kappa shape index (κ3) is 1.95. The largest absolute Gasteiger partial charge is 0.297 e. The average Bonchev–Trinajstić information content (AvgIpc) is 2.81. The van der Waals surface area contributed by atoms with E-state index in [0.717, 1.165) is 17.1 Å². The van der Waals surface area contributed by atoms with Crippen LogP contribution in [0.15, 0.2) is 12.1 Å². The number of carbonyl (C=O) groups excluding carboxylic acids is 1. The van der Waals surface area contributed by atoms with Crippen LogP contribution in [-0.4, -0.2) is 6.29 Å². The molecule has 0 N–H and O–H groups in total. The lowest BCUT2D eigenvalue weighted by atomic mass is 10.2. The second-order valence-electron chi connectivity index (χ2n) is 3.40. The molecule has 0 bridgehead atoms. The van der Waals surface area contributed by atoms with Crippen molar-refractivity contribution in [3.63, 3.8) is 0 Å². The van der Waals surface area contributed by atoms with Crippen LogP contribution in [0.25, 0.3) is 0 Å². The van der Waals surface area contributed by atoms with Gasteiger partial charge in [0.25, 0.3) is 0 Å². The van der Waals surface area contributed by atoms with E-state index in [9.17, 15) is 4.79 Å². The van der Waals surface area contributed by atoms with Crippen LogP contribution in [0.5, 0.6) is 0 Å². The summed E-state index contributed by atoms with van der Waals surface area (Å²) in [5, 5.41) is 0. The maximum Gasteiger partial charge on any atom is 0.160 e. The number of aryl methyl sites for hydroxylation is 1. The Hall–Kier alpha value is -0.630. The van der Waals surface area contributed by atoms with Gasteiger partial charge in [-0.1, -0.05) is 12.8 Å². The van der Waals surface area contributed by atoms with Crippen LogP contribution in [-0.2, 0) is 6.42 Å². The molecule has 0 amide bonds. The third-order valence-electron chi connectivity index (χ3n) is 2.29. The van der Waals surface area contributed by atoms with Crippen LogP contribution in [0.3, 0.4) is 0 Å². The van der Waals surface area contributed by atoms with Gasteiger partial charge in [0.2, 0.25) is 0 Å². The molecule has 0 aromatic carbocycles. The van der Waals surface area contributed by atoms with Crippen molar-refractivity contribution < 1.29 is 4.79 Å². The molecule has 0 spiro atoms. The van der Waals surface area contributed by atoms with E-state index in [1.807, 2.05) is 6.07 Å². The van der Waals surface area contributed by atoms with Gasteiger partial charge >= 0.3 is 0 Å². The molecule has 2 rings (SSSR count). The lowest BCUT2D eigenvalue weighted by molar-refractivity contribution is 0.112. The fourth-order valence-corrected chi connectivity index (χ4v) is 2.19. The van der Waals surface area contributed by atoms with Gasteiger partial charge in [-0.3, -0.25) is 4.79 Å². The molecule has 1 aliphatic rings. The number of rotatable bonds is 4. The molecule has 12 heavy (non-hydrogen) atoms. The Morgan fingerprint density at radius 1 is 1.50 bits per heavy atom. The first kappa shape index (κ1) is 7.99. The van der Waals surface area contributed by atoms with Crippen molar-refractivity contribution in [1.82, 2.24) is 0 Å². The van der Waals surface area contributed by atoms with Gasteiger partial charge in [-0.15, -0.1) is 11.3 Å². The van der Waals surface area contributed by atoms with E-state index in [2.05, 4.69) is 6.07 Å². The first-order valence-electron chi connectivity index (χ1n) is 4.42. The fraction of sp³-hybridized carbons (Fsp3) is 0.500. The van der Waals surface area contributed by atoms with Gasteiger partial charge in [0, 0.05) is 4.88 Å². The molecule has 1 aliphatic carbocycles. The summed E-state index contributed by atoms with van der Waals surface area (Å²) < 4.78 is 0. The van der Waals surface area contributed by atoms with Crippen molar-refractivity contribution in [2.45, 2.75) is 25.7 Å². The molecule has 0 unspecified atom stereocenters. The molecular weight excluding hydrogens is 168 g/mol. The van der Waals surface area contributed by atoms with Gasteiger partial charge in [0.1, 0.15) is 0 Å². The van der Waals surface area contributed by atoms with Crippen LogP contribution in [0.1, 0.15) is 33.8 Å². The van der Waals surface area contributed by atoms with E-state index in [-0.39, 0.29) is 0 Å². The quantitative estimate of drug-likeness (QED) is 0.651. The molecule has 1 saturated carbocycles. The molecule has 0 radical (unpaired) electrons. The van der Waals surface area contributed by atoms with Crippen molar-refractivity contribution in [1.29, 1.82) is 0 Å². The van der Waals surface area contributed by atoms with Gasteiger partial charge in [-0.25, -0.2) is 0 Å². The number of thiophene rings is 1. The number of hydrogen-bond acceptors (Lipinski definition) is 2. The van der Waals surface area contributed by atoms with Crippen LogP contribution >= 0.6 is 11.3 Å². The smallest absolute Gasteiger partial charge is 0.160 e. The molecule has 1 heterocycles. The van der Waals surface area contributed by atoms with Gasteiger partial charge in [0.15, 0.2) is 6.29 Å². The Morgan fingerprint density at radius 3 is 2.92 bits per heavy atom. The molecule has 1 nitrogen and oxygen atoms in total. The monoisotopic (exact) mass is 180 g/mol. The van der Waals surface area contributed by atoms with Crippen molar-refractivity contribution in [2.24, 2.45) is 5.92 Å². The molecule has 0 aliphatic heterocycles. The van der Waals surface area contributed by atoms with E-state index in [0.29, 0.717) is 0 Å². The van der Waals surface area contributed by atoms with E-state index in [1.165, 1.54) is 30.6 Å². The maximum atomic E-state index is 10.4. The van der Waals surface area contributed by atoms with Crippen LogP contribution in [0.2, 0.25) is 0 Å². The minimum Gasteiger partial charge on any atom is -0.297 e. The average molecular weight is 180 g/mol. The SMILES string of the molecule is O=Cc1ccc(CCC2CC2)s1. The minimum atomic E-state index is 0.862. The molecule has 1 aromatic heterocycles. The van der Waals surface area contributed by atoms with Crippen molar-refractivity contribution >= 4 is 17.6 Å². The summed E-state index contributed by atoms with van der Waals surface area (Å²) in [6.07, 6.45) is 6.27. The van der Waals surface area contributed by atoms with E-state index < -0.39 is 0 Å². The Balaban J connectivity index is 1.88. The van der Waals surface area contributed by atoms with Crippen molar-refractivity contribution in [3.8, 4) is 0 Å². The summed E-state index contributed by atoms with van der Waals surface area (Å²) in [5.74, 6) is 0.992. The topological polar surface area (TPSA) is 17.1 Å². The maximum absolute atomic E-state index is 10.4. The first-order valence-corrected chi connectivity index (χ1v) is 5.24. The zero-order valence-electron chi connectivity index (χ0n) is 6.95.